The number of halogens is 1. The monoisotopic (exact) mass is 452 g/mol. The summed E-state index contributed by atoms with van der Waals surface area (Å²) in [4.78, 5) is 33.2. The van der Waals surface area contributed by atoms with Gasteiger partial charge in [0, 0.05) is 12.5 Å². The molecule has 0 radical (unpaired) electrons. The molecule has 0 unspecified atom stereocenters. The zero-order valence-electron chi connectivity index (χ0n) is 13.2. The summed E-state index contributed by atoms with van der Waals surface area (Å²) in [5.41, 5.74) is -1.04. The van der Waals surface area contributed by atoms with Crippen LogP contribution in [0.3, 0.4) is 0 Å². The van der Waals surface area contributed by atoms with E-state index in [4.69, 9.17) is 4.74 Å². The Kier molecular flexibility index (Phi) is 6.35. The predicted molar refractivity (Wildman–Crippen MR) is 92.0 cm³/mol. The number of nitrogens with zero attached hydrogens (tertiary/aromatic N) is 1. The topological polar surface area (TPSA) is 139 Å². The van der Waals surface area contributed by atoms with Crippen molar-refractivity contribution in [2.75, 3.05) is 0 Å². The molecule has 0 aliphatic heterocycles. The van der Waals surface area contributed by atoms with Crippen LogP contribution in [0.5, 0.6) is 5.75 Å². The molecule has 1 atom stereocenters. The summed E-state index contributed by atoms with van der Waals surface area (Å²) in [5.74, 6) is -1.80. The molecule has 0 aliphatic carbocycles. The molecule has 3 N–H and O–H groups in total. The molecule has 1 aromatic carbocycles. The zero-order chi connectivity index (χ0) is 18.7. The van der Waals surface area contributed by atoms with E-state index in [-0.39, 0.29) is 15.6 Å². The SMILES string of the molecule is CC(C)(C)OC(=O)N[C@@H](Cc1cc(I)c(O)c([N+](=O)[O-])c1)C(=O)O. The fourth-order valence-corrected chi connectivity index (χ4v) is 2.46. The molecular formula is C14H17IN2O7. The number of aliphatic carboxylic acids is 1. The third kappa shape index (κ3) is 5.83. The van der Waals surface area contributed by atoms with Gasteiger partial charge in [0.25, 0.3) is 0 Å². The number of amides is 1. The summed E-state index contributed by atoms with van der Waals surface area (Å²) >= 11 is 1.70. The maximum absolute atomic E-state index is 11.7. The van der Waals surface area contributed by atoms with Gasteiger partial charge in [-0.15, -0.1) is 0 Å². The van der Waals surface area contributed by atoms with E-state index in [9.17, 15) is 29.9 Å². The molecule has 0 aliphatic rings. The summed E-state index contributed by atoms with van der Waals surface area (Å²) in [5, 5.41) is 32.0. The number of hydrogen-bond donors (Lipinski definition) is 3. The second-order valence-electron chi connectivity index (χ2n) is 5.94. The number of carbonyl (C=O) groups excluding carboxylic acids is 1. The molecule has 132 valence electrons. The quantitative estimate of drug-likeness (QED) is 0.354. The molecule has 0 spiro atoms. The molecular weight excluding hydrogens is 435 g/mol. The van der Waals surface area contributed by atoms with E-state index >= 15 is 0 Å². The molecule has 1 aromatic rings. The summed E-state index contributed by atoms with van der Waals surface area (Å²) in [6, 6.07) is 1.15. The van der Waals surface area contributed by atoms with Gasteiger partial charge in [0.15, 0.2) is 0 Å². The fourth-order valence-electron chi connectivity index (χ4n) is 1.78. The van der Waals surface area contributed by atoms with Crippen molar-refractivity contribution in [1.82, 2.24) is 5.32 Å². The molecule has 1 rings (SSSR count). The lowest BCUT2D eigenvalue weighted by Crippen LogP contribution is -2.44. The minimum atomic E-state index is -1.33. The minimum absolute atomic E-state index is 0.203. The van der Waals surface area contributed by atoms with E-state index in [2.05, 4.69) is 5.32 Å². The number of rotatable bonds is 5. The summed E-state index contributed by atoms with van der Waals surface area (Å²) in [7, 11) is 0. The first kappa shape index (κ1) is 19.9. The van der Waals surface area contributed by atoms with Crippen LogP contribution in [-0.2, 0) is 16.0 Å². The summed E-state index contributed by atoms with van der Waals surface area (Å²) in [6.45, 7) is 4.90. The van der Waals surface area contributed by atoms with Crippen LogP contribution < -0.4 is 5.32 Å². The molecule has 0 saturated heterocycles. The number of nitrogens with one attached hydrogen (secondary N) is 1. The molecule has 24 heavy (non-hydrogen) atoms. The van der Waals surface area contributed by atoms with Crippen LogP contribution in [-0.4, -0.2) is 38.8 Å². The maximum atomic E-state index is 11.7. The van der Waals surface area contributed by atoms with Crippen molar-refractivity contribution in [2.45, 2.75) is 38.8 Å². The van der Waals surface area contributed by atoms with Crippen LogP contribution in [0.15, 0.2) is 12.1 Å². The predicted octanol–water partition coefficient (Wildman–Crippen LogP) is 2.43. The molecule has 0 heterocycles. The first-order valence-corrected chi connectivity index (χ1v) is 7.86. The van der Waals surface area contributed by atoms with E-state index in [1.807, 2.05) is 0 Å². The number of carboxylic acid groups (broad SMARTS) is 1. The highest BCUT2D eigenvalue weighted by Gasteiger charge is 2.26. The zero-order valence-corrected chi connectivity index (χ0v) is 15.4. The number of nitro groups is 1. The standard InChI is InChI=1S/C14H17IN2O7/c1-14(2,3)24-13(21)16-9(12(19)20)5-7-4-8(15)11(18)10(6-7)17(22)23/h4,6,9,18H,5H2,1-3H3,(H,16,21)(H,19,20)/t9-/m0/s1. The van der Waals surface area contributed by atoms with Crippen molar-refractivity contribution in [3.05, 3.63) is 31.4 Å². The number of aromatic hydroxyl groups is 1. The number of phenolic OH excluding ortho intramolecular Hbond substituents is 1. The van der Waals surface area contributed by atoms with Crippen molar-refractivity contribution in [3.63, 3.8) is 0 Å². The molecule has 0 saturated carbocycles. The van der Waals surface area contributed by atoms with Crippen LogP contribution in [0.25, 0.3) is 0 Å². The number of carbonyl (C=O) groups is 2. The number of hydrogen-bond acceptors (Lipinski definition) is 6. The Bertz CT molecular complexity index is 670. The van der Waals surface area contributed by atoms with Crippen LogP contribution in [0.1, 0.15) is 26.3 Å². The Morgan fingerprint density at radius 2 is 2.00 bits per heavy atom. The van der Waals surface area contributed by atoms with Gasteiger partial charge in [-0.05, 0) is 55.0 Å². The maximum Gasteiger partial charge on any atom is 0.408 e. The second-order valence-corrected chi connectivity index (χ2v) is 7.11. The number of alkyl carbamates (subject to hydrolysis) is 1. The van der Waals surface area contributed by atoms with E-state index in [0.717, 1.165) is 6.07 Å². The van der Waals surface area contributed by atoms with Crippen molar-refractivity contribution in [1.29, 1.82) is 0 Å². The van der Waals surface area contributed by atoms with Crippen LogP contribution in [0.4, 0.5) is 10.5 Å². The first-order valence-electron chi connectivity index (χ1n) is 6.79. The van der Waals surface area contributed by atoms with Crippen LogP contribution >= 0.6 is 22.6 Å². The Morgan fingerprint density at radius 1 is 1.42 bits per heavy atom. The second kappa shape index (κ2) is 7.64. The highest BCUT2D eigenvalue weighted by atomic mass is 127. The number of nitro benzene ring substituents is 1. The molecule has 1 amide bonds. The third-order valence-electron chi connectivity index (χ3n) is 2.73. The molecule has 0 bridgehead atoms. The van der Waals surface area contributed by atoms with Gasteiger partial charge in [-0.1, -0.05) is 0 Å². The van der Waals surface area contributed by atoms with Crippen molar-refractivity contribution in [2.24, 2.45) is 0 Å². The molecule has 10 heteroatoms. The van der Waals surface area contributed by atoms with Gasteiger partial charge in [0.2, 0.25) is 5.75 Å². The van der Waals surface area contributed by atoms with Gasteiger partial charge in [-0.2, -0.15) is 0 Å². The number of ether oxygens (including phenoxy) is 1. The normalized spacial score (nSPS) is 12.3. The highest BCUT2D eigenvalue weighted by Crippen LogP contribution is 2.32. The Labute approximate surface area is 151 Å². The number of phenols is 1. The smallest absolute Gasteiger partial charge is 0.408 e. The Morgan fingerprint density at radius 3 is 2.46 bits per heavy atom. The van der Waals surface area contributed by atoms with Crippen LogP contribution in [0.2, 0.25) is 0 Å². The largest absolute Gasteiger partial charge is 0.501 e. The van der Waals surface area contributed by atoms with Crippen LogP contribution in [0, 0.1) is 13.7 Å². The summed E-state index contributed by atoms with van der Waals surface area (Å²) in [6.07, 6.45) is -1.11. The van der Waals surface area contributed by atoms with Gasteiger partial charge in [-0.25, -0.2) is 9.59 Å². The van der Waals surface area contributed by atoms with Crippen molar-refractivity contribution in [3.8, 4) is 5.75 Å². The van der Waals surface area contributed by atoms with Gasteiger partial charge in [0.1, 0.15) is 11.6 Å². The molecule has 0 aromatic heterocycles. The van der Waals surface area contributed by atoms with Gasteiger partial charge in [0.05, 0.1) is 8.49 Å². The van der Waals surface area contributed by atoms with Gasteiger partial charge < -0.3 is 20.3 Å². The van der Waals surface area contributed by atoms with Gasteiger partial charge >= 0.3 is 17.7 Å². The first-order chi connectivity index (χ1) is 10.9. The number of benzene rings is 1. The lowest BCUT2D eigenvalue weighted by atomic mass is 10.0. The van der Waals surface area contributed by atoms with Gasteiger partial charge in [-0.3, -0.25) is 10.1 Å². The van der Waals surface area contributed by atoms with Crippen molar-refractivity contribution >= 4 is 40.3 Å². The molecule has 9 nitrogen and oxygen atoms in total. The molecule has 0 fully saturated rings. The highest BCUT2D eigenvalue weighted by molar-refractivity contribution is 14.1. The average Bonchev–Trinajstić information content (AvgIpc) is 2.39. The Balaban J connectivity index is 3.00. The van der Waals surface area contributed by atoms with E-state index in [1.165, 1.54) is 6.07 Å². The third-order valence-corrected chi connectivity index (χ3v) is 3.55. The van der Waals surface area contributed by atoms with Crippen molar-refractivity contribution < 1.29 is 29.5 Å². The summed E-state index contributed by atoms with van der Waals surface area (Å²) < 4.78 is 5.20. The lowest BCUT2D eigenvalue weighted by Gasteiger charge is -2.22. The fraction of sp³-hybridized carbons (Fsp3) is 0.429. The lowest BCUT2D eigenvalue weighted by molar-refractivity contribution is -0.386. The van der Waals surface area contributed by atoms with E-state index < -0.39 is 40.1 Å². The average molecular weight is 452 g/mol. The van der Waals surface area contributed by atoms with E-state index in [0.29, 0.717) is 0 Å². The number of carboxylic acids is 1. The minimum Gasteiger partial charge on any atom is -0.501 e. The van der Waals surface area contributed by atoms with E-state index in [1.54, 1.807) is 43.4 Å². The Hall–Kier alpha value is -2.11.